The molecule has 6 nitrogen and oxygen atoms in total. The van der Waals surface area contributed by atoms with Gasteiger partial charge in [-0.2, -0.15) is 0 Å². The summed E-state index contributed by atoms with van der Waals surface area (Å²) in [6, 6.07) is 6.81. The first kappa shape index (κ1) is 15.9. The number of carbonyl (C=O) groups is 2. The quantitative estimate of drug-likeness (QED) is 0.802. The van der Waals surface area contributed by atoms with Crippen LogP contribution in [0.1, 0.15) is 17.3 Å². The van der Waals surface area contributed by atoms with Crippen LogP contribution < -0.4 is 15.2 Å². The summed E-state index contributed by atoms with van der Waals surface area (Å²) in [5.41, 5.74) is 0.324. The maximum absolute atomic E-state index is 13.2. The van der Waals surface area contributed by atoms with Crippen molar-refractivity contribution < 1.29 is 18.7 Å². The monoisotopic (exact) mass is 330 g/mol. The van der Waals surface area contributed by atoms with E-state index in [1.165, 1.54) is 11.0 Å². The number of carbonyl (C=O) groups excluding carboxylic acids is 2. The Hall–Kier alpha value is -2.96. The van der Waals surface area contributed by atoms with E-state index < -0.39 is 17.5 Å². The first-order valence-electron chi connectivity index (χ1n) is 7.34. The van der Waals surface area contributed by atoms with Crippen molar-refractivity contribution in [3.05, 3.63) is 58.3 Å². The third kappa shape index (κ3) is 2.80. The van der Waals surface area contributed by atoms with Gasteiger partial charge < -0.3 is 14.2 Å². The van der Waals surface area contributed by atoms with Gasteiger partial charge in [-0.15, -0.1) is 0 Å². The first-order valence-corrected chi connectivity index (χ1v) is 7.34. The van der Waals surface area contributed by atoms with Crippen molar-refractivity contribution in [2.45, 2.75) is 19.6 Å². The topological polar surface area (TPSA) is 68.6 Å². The molecule has 2 aromatic rings. The average molecular weight is 330 g/mol. The lowest BCUT2D eigenvalue weighted by Crippen LogP contribution is -2.42. The number of aromatic nitrogens is 1. The molecule has 7 heteroatoms. The van der Waals surface area contributed by atoms with E-state index in [2.05, 4.69) is 0 Å². The van der Waals surface area contributed by atoms with Gasteiger partial charge in [-0.3, -0.25) is 14.4 Å². The van der Waals surface area contributed by atoms with Crippen molar-refractivity contribution in [2.24, 2.45) is 0 Å². The van der Waals surface area contributed by atoms with Gasteiger partial charge in [0.1, 0.15) is 11.6 Å². The van der Waals surface area contributed by atoms with Gasteiger partial charge in [-0.1, -0.05) is 0 Å². The summed E-state index contributed by atoms with van der Waals surface area (Å²) in [7, 11) is 1.60. The largest absolute Gasteiger partial charge is 0.479 e. The van der Waals surface area contributed by atoms with Gasteiger partial charge in [0.25, 0.3) is 11.5 Å². The van der Waals surface area contributed by atoms with Gasteiger partial charge in [0, 0.05) is 24.9 Å². The van der Waals surface area contributed by atoms with Crippen LogP contribution in [0.15, 0.2) is 41.3 Å². The van der Waals surface area contributed by atoms with Gasteiger partial charge in [0.15, 0.2) is 11.9 Å². The second-order valence-corrected chi connectivity index (χ2v) is 5.58. The number of amides is 1. The fourth-order valence-corrected chi connectivity index (χ4v) is 2.56. The smallest absolute Gasteiger partial charge is 0.267 e. The number of ether oxygens (including phenoxy) is 1. The van der Waals surface area contributed by atoms with Crippen LogP contribution in [0.2, 0.25) is 0 Å². The normalized spacial score (nSPS) is 16.5. The van der Waals surface area contributed by atoms with E-state index in [1.807, 2.05) is 0 Å². The minimum absolute atomic E-state index is 0.214. The zero-order chi connectivity index (χ0) is 17.4. The molecular weight excluding hydrogens is 315 g/mol. The van der Waals surface area contributed by atoms with Crippen molar-refractivity contribution >= 4 is 17.4 Å². The highest BCUT2D eigenvalue weighted by Gasteiger charge is 2.29. The van der Waals surface area contributed by atoms with E-state index >= 15 is 0 Å². The Morgan fingerprint density at radius 3 is 2.75 bits per heavy atom. The molecule has 1 atom stereocenters. The highest BCUT2D eigenvalue weighted by molar-refractivity contribution is 6.02. The number of hydrogen-bond donors (Lipinski definition) is 0. The van der Waals surface area contributed by atoms with E-state index in [1.54, 1.807) is 26.1 Å². The summed E-state index contributed by atoms with van der Waals surface area (Å²) in [6.07, 6.45) is 0.397. The van der Waals surface area contributed by atoms with E-state index in [-0.39, 0.29) is 18.2 Å². The number of ketones is 1. The predicted molar refractivity (Wildman–Crippen MR) is 84.9 cm³/mol. The number of anilines is 1. The highest BCUT2D eigenvalue weighted by Crippen LogP contribution is 2.34. The fourth-order valence-electron chi connectivity index (χ4n) is 2.56. The fraction of sp³-hybridized carbons (Fsp3) is 0.235. The zero-order valence-corrected chi connectivity index (χ0v) is 13.2. The summed E-state index contributed by atoms with van der Waals surface area (Å²) in [4.78, 5) is 37.5. The predicted octanol–water partition coefficient (Wildman–Crippen LogP) is 1.61. The van der Waals surface area contributed by atoms with E-state index in [4.69, 9.17) is 4.74 Å². The number of likely N-dealkylation sites (N-methyl/N-ethyl adjacent to an activating group) is 1. The lowest BCUT2D eigenvalue weighted by atomic mass is 10.1. The molecule has 1 unspecified atom stereocenters. The first-order chi connectivity index (χ1) is 11.4. The Balaban J connectivity index is 1.91. The van der Waals surface area contributed by atoms with Crippen LogP contribution >= 0.6 is 0 Å². The highest BCUT2D eigenvalue weighted by atomic mass is 19.1. The lowest BCUT2D eigenvalue weighted by Gasteiger charge is -2.30. The van der Waals surface area contributed by atoms with Gasteiger partial charge in [0.2, 0.25) is 0 Å². The molecule has 2 heterocycles. The zero-order valence-electron chi connectivity index (χ0n) is 13.2. The second-order valence-electron chi connectivity index (χ2n) is 5.58. The number of benzene rings is 1. The lowest BCUT2D eigenvalue weighted by molar-refractivity contribution is -0.125. The molecule has 0 aliphatic carbocycles. The third-order valence-electron chi connectivity index (χ3n) is 3.89. The van der Waals surface area contributed by atoms with Crippen LogP contribution in [0.25, 0.3) is 0 Å². The summed E-state index contributed by atoms with van der Waals surface area (Å²) in [5.74, 6) is -0.678. The number of Topliss-reactive ketones (excluding diaryl/α,β-unsaturated/α-hetero) is 1. The third-order valence-corrected chi connectivity index (χ3v) is 3.89. The van der Waals surface area contributed by atoms with Crippen LogP contribution in [0.5, 0.6) is 5.75 Å². The van der Waals surface area contributed by atoms with Crippen molar-refractivity contribution in [1.29, 1.82) is 0 Å². The van der Waals surface area contributed by atoms with Gasteiger partial charge in [-0.05, 0) is 31.2 Å². The van der Waals surface area contributed by atoms with Crippen LogP contribution in [-0.2, 0) is 11.3 Å². The minimum Gasteiger partial charge on any atom is -0.479 e. The number of rotatable bonds is 3. The molecule has 0 radical (unpaired) electrons. The summed E-state index contributed by atoms with van der Waals surface area (Å²) in [5, 5.41) is 0. The molecule has 0 fully saturated rings. The summed E-state index contributed by atoms with van der Waals surface area (Å²) >= 11 is 0. The molecule has 24 heavy (non-hydrogen) atoms. The maximum atomic E-state index is 13.2. The Kier molecular flexibility index (Phi) is 3.92. The molecule has 1 aromatic carbocycles. The molecule has 0 bridgehead atoms. The van der Waals surface area contributed by atoms with Gasteiger partial charge in [-0.25, -0.2) is 4.39 Å². The molecule has 1 aliphatic rings. The van der Waals surface area contributed by atoms with Gasteiger partial charge >= 0.3 is 0 Å². The van der Waals surface area contributed by atoms with Crippen molar-refractivity contribution in [3.63, 3.8) is 0 Å². The molecule has 0 saturated heterocycles. The van der Waals surface area contributed by atoms with Crippen molar-refractivity contribution in [1.82, 2.24) is 4.57 Å². The van der Waals surface area contributed by atoms with E-state index in [9.17, 15) is 18.8 Å². The second kappa shape index (κ2) is 5.92. The molecule has 0 N–H and O–H groups in total. The Morgan fingerprint density at radius 1 is 1.25 bits per heavy atom. The van der Waals surface area contributed by atoms with Crippen molar-refractivity contribution in [3.8, 4) is 5.75 Å². The minimum atomic E-state index is -0.597. The average Bonchev–Trinajstić information content (AvgIpc) is 2.56. The Morgan fingerprint density at radius 2 is 2.00 bits per heavy atom. The Labute approximate surface area is 137 Å². The molecule has 124 valence electrons. The SMILES string of the molecule is CC1Oc2ccc(C(=O)Cn3cc(F)ccc3=O)cc2N(C)C1=O. The van der Waals surface area contributed by atoms with Crippen molar-refractivity contribution in [2.75, 3.05) is 11.9 Å². The van der Waals surface area contributed by atoms with Crippen LogP contribution in [0.4, 0.5) is 10.1 Å². The molecule has 0 saturated carbocycles. The van der Waals surface area contributed by atoms with Crippen LogP contribution in [0.3, 0.4) is 0 Å². The molecule has 1 aliphatic heterocycles. The number of halogens is 1. The van der Waals surface area contributed by atoms with E-state index in [0.717, 1.165) is 22.9 Å². The summed E-state index contributed by atoms with van der Waals surface area (Å²) in [6.45, 7) is 1.36. The molecule has 0 spiro atoms. The molecule has 3 rings (SSSR count). The van der Waals surface area contributed by atoms with Crippen LogP contribution in [0, 0.1) is 5.82 Å². The number of pyridine rings is 1. The number of hydrogen-bond acceptors (Lipinski definition) is 4. The molecular formula is C17H15FN2O4. The van der Waals surface area contributed by atoms with Crippen LogP contribution in [-0.4, -0.2) is 29.4 Å². The van der Waals surface area contributed by atoms with Gasteiger partial charge in [0.05, 0.1) is 12.2 Å². The number of nitrogens with zero attached hydrogens (tertiary/aromatic N) is 2. The number of fused-ring (bicyclic) bond motifs is 1. The maximum Gasteiger partial charge on any atom is 0.267 e. The van der Waals surface area contributed by atoms with E-state index in [0.29, 0.717) is 17.0 Å². The summed E-state index contributed by atoms with van der Waals surface area (Å²) < 4.78 is 19.7. The Bertz CT molecular complexity index is 890. The molecule has 1 aromatic heterocycles. The standard InChI is InChI=1S/C17H15FN2O4/c1-10-17(23)19(2)13-7-11(3-5-15(13)24-10)14(21)9-20-8-12(18)4-6-16(20)22/h3-8,10H,9H2,1-2H3. The molecule has 1 amide bonds.